The number of ether oxygens (including phenoxy) is 1. The summed E-state index contributed by atoms with van der Waals surface area (Å²) in [5, 5.41) is 2.48. The number of nitrogens with one attached hydrogen (secondary N) is 1. The van der Waals surface area contributed by atoms with E-state index in [1.807, 2.05) is 26.8 Å². The Balaban J connectivity index is 1.40. The van der Waals surface area contributed by atoms with Crippen LogP contribution in [0.1, 0.15) is 39.2 Å². The van der Waals surface area contributed by atoms with Crippen molar-refractivity contribution in [3.05, 3.63) is 23.8 Å². The molecule has 1 atom stereocenters. The van der Waals surface area contributed by atoms with E-state index in [4.69, 9.17) is 4.74 Å². The van der Waals surface area contributed by atoms with Crippen LogP contribution in [0.2, 0.25) is 0 Å². The number of piperazine rings is 1. The lowest BCUT2D eigenvalue weighted by Gasteiger charge is -2.37. The van der Waals surface area contributed by atoms with Crippen LogP contribution in [-0.2, 0) is 25.5 Å². The Hall–Kier alpha value is -2.61. The maximum atomic E-state index is 12.4. The number of anilines is 2. The van der Waals surface area contributed by atoms with Crippen molar-refractivity contribution in [3.63, 3.8) is 0 Å². The second-order valence-corrected chi connectivity index (χ2v) is 9.53. The van der Waals surface area contributed by atoms with Crippen molar-refractivity contribution in [1.82, 2.24) is 10.2 Å². The predicted molar refractivity (Wildman–Crippen MR) is 118 cm³/mol. The summed E-state index contributed by atoms with van der Waals surface area (Å²) >= 11 is 0. The number of fused-ring (bicyclic) bond motifs is 1. The Kier molecular flexibility index (Phi) is 5.92. The monoisotopic (exact) mass is 428 g/mol. The van der Waals surface area contributed by atoms with Crippen LogP contribution in [0.25, 0.3) is 0 Å². The first kappa shape index (κ1) is 21.6. The number of imide groups is 1. The van der Waals surface area contributed by atoms with Crippen LogP contribution in [0.15, 0.2) is 18.2 Å². The molecule has 1 aromatic carbocycles. The van der Waals surface area contributed by atoms with Gasteiger partial charge in [0.05, 0.1) is 6.54 Å². The summed E-state index contributed by atoms with van der Waals surface area (Å²) in [4.78, 5) is 42.7. The zero-order chi connectivity index (χ0) is 22.2. The van der Waals surface area contributed by atoms with Gasteiger partial charge in [0.15, 0.2) is 0 Å². The van der Waals surface area contributed by atoms with Gasteiger partial charge in [-0.3, -0.25) is 24.6 Å². The molecule has 4 rings (SSSR count). The van der Waals surface area contributed by atoms with Crippen LogP contribution in [0.3, 0.4) is 0 Å². The fraction of sp³-hybridized carbons (Fsp3) is 0.609. The minimum Gasteiger partial charge on any atom is -0.459 e. The number of carbonyl (C=O) groups is 3. The lowest BCUT2D eigenvalue weighted by Crippen LogP contribution is -2.52. The minimum absolute atomic E-state index is 0.179. The number of hydrogen-bond donors (Lipinski definition) is 1. The standard InChI is InChI=1S/C23H32N4O4/c1-23(2,3)31-21(29)15-25-11-13-26(14-12-25)17-5-4-6-18-16(17)9-10-27(18)19-7-8-20(28)24-22(19)30/h4-6,19H,7-15H2,1-3H3,(H,24,28,30)/t19-/m0/s1. The van der Waals surface area contributed by atoms with Crippen LogP contribution >= 0.6 is 0 Å². The Morgan fingerprint density at radius 3 is 2.45 bits per heavy atom. The van der Waals surface area contributed by atoms with E-state index < -0.39 is 5.60 Å². The summed E-state index contributed by atoms with van der Waals surface area (Å²) < 4.78 is 5.44. The van der Waals surface area contributed by atoms with E-state index in [2.05, 4.69) is 32.1 Å². The van der Waals surface area contributed by atoms with Gasteiger partial charge in [-0.2, -0.15) is 0 Å². The van der Waals surface area contributed by atoms with Gasteiger partial charge >= 0.3 is 5.97 Å². The fourth-order valence-electron chi connectivity index (χ4n) is 4.74. The van der Waals surface area contributed by atoms with Gasteiger partial charge in [-0.15, -0.1) is 0 Å². The third-order valence-corrected chi connectivity index (χ3v) is 6.11. The molecule has 0 bridgehead atoms. The van der Waals surface area contributed by atoms with Gasteiger partial charge in [0.1, 0.15) is 11.6 Å². The second-order valence-electron chi connectivity index (χ2n) is 9.53. The molecule has 3 heterocycles. The summed E-state index contributed by atoms with van der Waals surface area (Å²) in [6, 6.07) is 6.00. The first-order valence-corrected chi connectivity index (χ1v) is 11.1. The molecule has 8 heteroatoms. The molecule has 2 fully saturated rings. The Bertz CT molecular complexity index is 871. The van der Waals surface area contributed by atoms with Crippen molar-refractivity contribution in [2.24, 2.45) is 0 Å². The molecule has 1 aromatic rings. The SMILES string of the molecule is CC(C)(C)OC(=O)CN1CCN(c2cccc3c2CCN3[C@H]2CCC(=O)NC2=O)CC1. The van der Waals surface area contributed by atoms with Gasteiger partial charge in [-0.05, 0) is 45.7 Å². The second kappa shape index (κ2) is 8.49. The molecule has 2 amide bonds. The molecule has 0 saturated carbocycles. The highest BCUT2D eigenvalue weighted by Gasteiger charge is 2.36. The quantitative estimate of drug-likeness (QED) is 0.572. The summed E-state index contributed by atoms with van der Waals surface area (Å²) in [6.45, 7) is 10.1. The summed E-state index contributed by atoms with van der Waals surface area (Å²) in [5.41, 5.74) is 3.12. The van der Waals surface area contributed by atoms with Crippen molar-refractivity contribution in [2.75, 3.05) is 49.1 Å². The highest BCUT2D eigenvalue weighted by Crippen LogP contribution is 2.38. The summed E-state index contributed by atoms with van der Waals surface area (Å²) in [5.74, 6) is -0.551. The van der Waals surface area contributed by atoms with Gasteiger partial charge in [0.2, 0.25) is 11.8 Å². The van der Waals surface area contributed by atoms with Gasteiger partial charge < -0.3 is 14.5 Å². The number of amides is 2. The molecular formula is C23H32N4O4. The average molecular weight is 429 g/mol. The molecule has 0 unspecified atom stereocenters. The number of carbonyl (C=O) groups excluding carboxylic acids is 3. The van der Waals surface area contributed by atoms with E-state index in [9.17, 15) is 14.4 Å². The van der Waals surface area contributed by atoms with Crippen molar-refractivity contribution in [2.45, 2.75) is 51.7 Å². The Labute approximate surface area is 183 Å². The van der Waals surface area contributed by atoms with Gasteiger partial charge in [-0.1, -0.05) is 6.07 Å². The number of nitrogens with zero attached hydrogens (tertiary/aromatic N) is 3. The van der Waals surface area contributed by atoms with Gasteiger partial charge in [0.25, 0.3) is 0 Å². The topological polar surface area (TPSA) is 82.2 Å². The third kappa shape index (κ3) is 4.84. The highest BCUT2D eigenvalue weighted by atomic mass is 16.6. The first-order chi connectivity index (χ1) is 14.7. The van der Waals surface area contributed by atoms with E-state index in [1.54, 1.807) is 0 Å². The van der Waals surface area contributed by atoms with Gasteiger partial charge in [0, 0.05) is 56.1 Å². The molecule has 0 aromatic heterocycles. The molecule has 3 aliphatic heterocycles. The first-order valence-electron chi connectivity index (χ1n) is 11.1. The smallest absolute Gasteiger partial charge is 0.320 e. The molecule has 2 saturated heterocycles. The highest BCUT2D eigenvalue weighted by molar-refractivity contribution is 6.02. The number of esters is 1. The van der Waals surface area contributed by atoms with E-state index >= 15 is 0 Å². The summed E-state index contributed by atoms with van der Waals surface area (Å²) in [6.07, 6.45) is 1.85. The molecule has 0 aliphatic carbocycles. The number of rotatable bonds is 4. The zero-order valence-corrected chi connectivity index (χ0v) is 18.6. The van der Waals surface area contributed by atoms with Crippen LogP contribution < -0.4 is 15.1 Å². The van der Waals surface area contributed by atoms with Crippen LogP contribution in [0.5, 0.6) is 0 Å². The molecule has 168 valence electrons. The molecule has 3 aliphatic rings. The van der Waals surface area contributed by atoms with E-state index in [-0.39, 0.29) is 23.8 Å². The zero-order valence-electron chi connectivity index (χ0n) is 18.6. The normalized spacial score (nSPS) is 22.4. The van der Waals surface area contributed by atoms with E-state index in [0.29, 0.717) is 19.4 Å². The number of hydrogen-bond acceptors (Lipinski definition) is 7. The summed E-state index contributed by atoms with van der Waals surface area (Å²) in [7, 11) is 0. The lowest BCUT2D eigenvalue weighted by atomic mass is 10.0. The van der Waals surface area contributed by atoms with E-state index in [0.717, 1.165) is 44.8 Å². The van der Waals surface area contributed by atoms with Crippen LogP contribution in [0.4, 0.5) is 11.4 Å². The number of benzene rings is 1. The molecule has 0 spiro atoms. The Morgan fingerprint density at radius 1 is 1.06 bits per heavy atom. The Morgan fingerprint density at radius 2 is 1.77 bits per heavy atom. The largest absolute Gasteiger partial charge is 0.459 e. The maximum absolute atomic E-state index is 12.4. The van der Waals surface area contributed by atoms with Crippen LogP contribution in [-0.4, -0.2) is 73.6 Å². The van der Waals surface area contributed by atoms with Gasteiger partial charge in [-0.25, -0.2) is 0 Å². The molecule has 8 nitrogen and oxygen atoms in total. The average Bonchev–Trinajstić information content (AvgIpc) is 3.11. The molecule has 31 heavy (non-hydrogen) atoms. The van der Waals surface area contributed by atoms with Crippen LogP contribution in [0, 0.1) is 0 Å². The predicted octanol–water partition coefficient (Wildman–Crippen LogP) is 1.32. The lowest BCUT2D eigenvalue weighted by molar-refractivity contribution is -0.156. The molecule has 0 radical (unpaired) electrons. The van der Waals surface area contributed by atoms with Crippen molar-refractivity contribution >= 4 is 29.2 Å². The van der Waals surface area contributed by atoms with E-state index in [1.165, 1.54) is 11.3 Å². The van der Waals surface area contributed by atoms with Crippen molar-refractivity contribution < 1.29 is 19.1 Å². The fourth-order valence-corrected chi connectivity index (χ4v) is 4.74. The molecular weight excluding hydrogens is 396 g/mol. The minimum atomic E-state index is -0.460. The number of piperidine rings is 1. The van der Waals surface area contributed by atoms with Crippen molar-refractivity contribution in [3.8, 4) is 0 Å². The molecule has 1 N–H and O–H groups in total. The third-order valence-electron chi connectivity index (χ3n) is 6.11. The maximum Gasteiger partial charge on any atom is 0.320 e. The van der Waals surface area contributed by atoms with Crippen molar-refractivity contribution in [1.29, 1.82) is 0 Å².